The van der Waals surface area contributed by atoms with E-state index >= 15 is 0 Å². The highest BCUT2D eigenvalue weighted by atomic mass is 79.9. The van der Waals surface area contributed by atoms with Crippen LogP contribution in [0.15, 0.2) is 46.9 Å². The third-order valence-corrected chi connectivity index (χ3v) is 3.34. The van der Waals surface area contributed by atoms with E-state index in [1.54, 1.807) is 24.3 Å². The summed E-state index contributed by atoms with van der Waals surface area (Å²) in [4.78, 5) is 23.6. The van der Waals surface area contributed by atoms with Gasteiger partial charge >= 0.3 is 11.8 Å². The van der Waals surface area contributed by atoms with Crippen molar-refractivity contribution in [1.82, 2.24) is 0 Å². The Morgan fingerprint density at radius 3 is 2.43 bits per heavy atom. The number of hydrogen-bond donors (Lipinski definition) is 3. The van der Waals surface area contributed by atoms with Crippen molar-refractivity contribution in [3.05, 3.63) is 52.0 Å². The number of nitrogen functional groups attached to an aromatic ring is 1. The van der Waals surface area contributed by atoms with Crippen LogP contribution in [0.2, 0.25) is 5.02 Å². The fourth-order valence-corrected chi connectivity index (χ4v) is 2.20. The first-order valence-corrected chi connectivity index (χ1v) is 7.06. The average molecular weight is 369 g/mol. The van der Waals surface area contributed by atoms with Gasteiger partial charge in [-0.1, -0.05) is 33.6 Å². The van der Waals surface area contributed by atoms with Crippen molar-refractivity contribution >= 4 is 56.4 Å². The maximum absolute atomic E-state index is 11.8. The number of carbonyl (C=O) groups excluding carboxylic acids is 2. The zero-order chi connectivity index (χ0) is 15.4. The number of hydrogen-bond acceptors (Lipinski definition) is 3. The Bertz CT molecular complexity index is 706. The third-order valence-electron chi connectivity index (χ3n) is 2.53. The van der Waals surface area contributed by atoms with Crippen LogP contribution in [0.3, 0.4) is 0 Å². The number of benzene rings is 2. The zero-order valence-corrected chi connectivity index (χ0v) is 13.0. The molecule has 0 bridgehead atoms. The average Bonchev–Trinajstić information content (AvgIpc) is 2.41. The highest BCUT2D eigenvalue weighted by Gasteiger charge is 2.15. The highest BCUT2D eigenvalue weighted by molar-refractivity contribution is 9.10. The number of carbonyl (C=O) groups is 2. The van der Waals surface area contributed by atoms with Crippen molar-refractivity contribution in [3.63, 3.8) is 0 Å². The van der Waals surface area contributed by atoms with E-state index in [-0.39, 0.29) is 5.02 Å². The minimum Gasteiger partial charge on any atom is -0.399 e. The van der Waals surface area contributed by atoms with E-state index < -0.39 is 11.8 Å². The van der Waals surface area contributed by atoms with Crippen molar-refractivity contribution in [2.45, 2.75) is 0 Å². The number of nitrogens with two attached hydrogens (primary N) is 1. The molecule has 0 spiro atoms. The summed E-state index contributed by atoms with van der Waals surface area (Å²) < 4.78 is 0.794. The molecule has 0 atom stereocenters. The van der Waals surface area contributed by atoms with Crippen molar-refractivity contribution in [2.75, 3.05) is 16.4 Å². The SMILES string of the molecule is Nc1ccc(NC(=O)C(=O)Nc2cccc(Br)c2)c(Cl)c1. The molecule has 2 amide bonds. The van der Waals surface area contributed by atoms with Gasteiger partial charge in [-0.3, -0.25) is 9.59 Å². The number of amides is 2. The lowest BCUT2D eigenvalue weighted by Crippen LogP contribution is -2.29. The van der Waals surface area contributed by atoms with E-state index in [0.29, 0.717) is 17.1 Å². The van der Waals surface area contributed by atoms with Crippen LogP contribution in [0.1, 0.15) is 0 Å². The zero-order valence-electron chi connectivity index (χ0n) is 10.7. The second-order valence-corrected chi connectivity index (χ2v) is 5.48. The van der Waals surface area contributed by atoms with Gasteiger partial charge < -0.3 is 16.4 Å². The number of rotatable bonds is 2. The van der Waals surface area contributed by atoms with Crippen LogP contribution < -0.4 is 16.4 Å². The molecule has 0 aliphatic heterocycles. The second-order valence-electron chi connectivity index (χ2n) is 4.16. The Hall–Kier alpha value is -2.05. The Balaban J connectivity index is 2.04. The minimum absolute atomic E-state index is 0.263. The van der Waals surface area contributed by atoms with Crippen LogP contribution in [0, 0.1) is 0 Å². The molecule has 0 heterocycles. The molecule has 0 aromatic heterocycles. The maximum atomic E-state index is 11.8. The van der Waals surface area contributed by atoms with E-state index in [4.69, 9.17) is 17.3 Å². The van der Waals surface area contributed by atoms with Crippen molar-refractivity contribution < 1.29 is 9.59 Å². The van der Waals surface area contributed by atoms with Gasteiger partial charge in [0.15, 0.2) is 0 Å². The number of nitrogens with one attached hydrogen (secondary N) is 2. The molecule has 0 saturated heterocycles. The Morgan fingerprint density at radius 2 is 1.76 bits per heavy atom. The van der Waals surface area contributed by atoms with Gasteiger partial charge in [-0.2, -0.15) is 0 Å². The summed E-state index contributed by atoms with van der Waals surface area (Å²) >= 11 is 9.20. The third kappa shape index (κ3) is 4.21. The first kappa shape index (κ1) is 15.3. The molecule has 0 aliphatic carbocycles. The molecule has 4 N–H and O–H groups in total. The molecule has 2 aromatic rings. The molecule has 0 saturated carbocycles. The number of halogens is 2. The minimum atomic E-state index is -0.818. The van der Waals surface area contributed by atoms with Gasteiger partial charge in [-0.05, 0) is 36.4 Å². The van der Waals surface area contributed by atoms with Gasteiger partial charge in [0.05, 0.1) is 10.7 Å². The highest BCUT2D eigenvalue weighted by Crippen LogP contribution is 2.24. The van der Waals surface area contributed by atoms with E-state index in [2.05, 4.69) is 26.6 Å². The molecule has 0 unspecified atom stereocenters. The summed E-state index contributed by atoms with van der Waals surface area (Å²) in [6.07, 6.45) is 0. The largest absolute Gasteiger partial charge is 0.399 e. The van der Waals surface area contributed by atoms with E-state index in [9.17, 15) is 9.59 Å². The predicted molar refractivity (Wildman–Crippen MR) is 87.3 cm³/mol. The molecular weight excluding hydrogens is 358 g/mol. The van der Waals surface area contributed by atoms with Crippen LogP contribution in [0.25, 0.3) is 0 Å². The lowest BCUT2D eigenvalue weighted by Gasteiger charge is -2.08. The van der Waals surface area contributed by atoms with Crippen LogP contribution >= 0.6 is 27.5 Å². The maximum Gasteiger partial charge on any atom is 0.314 e. The lowest BCUT2D eigenvalue weighted by molar-refractivity contribution is -0.132. The molecule has 0 radical (unpaired) electrons. The normalized spacial score (nSPS) is 10.0. The van der Waals surface area contributed by atoms with Gasteiger partial charge in [-0.25, -0.2) is 0 Å². The molecule has 108 valence electrons. The molecule has 7 heteroatoms. The van der Waals surface area contributed by atoms with Crippen molar-refractivity contribution in [3.8, 4) is 0 Å². The van der Waals surface area contributed by atoms with Gasteiger partial charge in [0.2, 0.25) is 0 Å². The Morgan fingerprint density at radius 1 is 1.05 bits per heavy atom. The fraction of sp³-hybridized carbons (Fsp3) is 0. The molecular formula is C14H11BrClN3O2. The van der Waals surface area contributed by atoms with Crippen molar-refractivity contribution in [1.29, 1.82) is 0 Å². The summed E-state index contributed by atoms with van der Waals surface area (Å²) in [5.41, 5.74) is 6.85. The summed E-state index contributed by atoms with van der Waals surface area (Å²) in [6, 6.07) is 11.5. The van der Waals surface area contributed by atoms with Crippen LogP contribution in [-0.4, -0.2) is 11.8 Å². The Labute approximate surface area is 134 Å². The number of anilines is 3. The summed E-state index contributed by atoms with van der Waals surface area (Å²) in [7, 11) is 0. The van der Waals surface area contributed by atoms with Gasteiger partial charge in [0, 0.05) is 15.8 Å². The van der Waals surface area contributed by atoms with Crippen LogP contribution in [0.5, 0.6) is 0 Å². The summed E-state index contributed by atoms with van der Waals surface area (Å²) in [6.45, 7) is 0. The fourth-order valence-electron chi connectivity index (χ4n) is 1.57. The van der Waals surface area contributed by atoms with E-state index in [1.165, 1.54) is 12.1 Å². The van der Waals surface area contributed by atoms with Crippen molar-refractivity contribution in [2.24, 2.45) is 0 Å². The summed E-state index contributed by atoms with van der Waals surface area (Å²) in [5.74, 6) is -1.61. The first-order valence-electron chi connectivity index (χ1n) is 5.88. The molecule has 2 aromatic carbocycles. The Kier molecular flexibility index (Phi) is 4.82. The van der Waals surface area contributed by atoms with Crippen LogP contribution in [-0.2, 0) is 9.59 Å². The molecule has 0 fully saturated rings. The topological polar surface area (TPSA) is 84.2 Å². The summed E-state index contributed by atoms with van der Waals surface area (Å²) in [5, 5.41) is 5.17. The second kappa shape index (κ2) is 6.60. The lowest BCUT2D eigenvalue weighted by atomic mass is 10.3. The predicted octanol–water partition coefficient (Wildman–Crippen LogP) is 3.26. The smallest absolute Gasteiger partial charge is 0.314 e. The first-order chi connectivity index (χ1) is 9.95. The van der Waals surface area contributed by atoms with Gasteiger partial charge in [-0.15, -0.1) is 0 Å². The quantitative estimate of drug-likeness (QED) is 0.562. The van der Waals surface area contributed by atoms with E-state index in [1.807, 2.05) is 6.07 Å². The molecule has 2 rings (SSSR count). The monoisotopic (exact) mass is 367 g/mol. The molecule has 21 heavy (non-hydrogen) atoms. The van der Waals surface area contributed by atoms with E-state index in [0.717, 1.165) is 4.47 Å². The molecule has 5 nitrogen and oxygen atoms in total. The standard InChI is InChI=1S/C14H11BrClN3O2/c15-8-2-1-3-10(6-8)18-13(20)14(21)19-12-5-4-9(17)7-11(12)16/h1-7H,17H2,(H,18,20)(H,19,21). The molecule has 0 aliphatic rings. The van der Waals surface area contributed by atoms with Gasteiger partial charge in [0.25, 0.3) is 0 Å². The van der Waals surface area contributed by atoms with Gasteiger partial charge in [0.1, 0.15) is 0 Å². The van der Waals surface area contributed by atoms with Crippen LogP contribution in [0.4, 0.5) is 17.1 Å².